The molecule has 0 saturated heterocycles. The van der Waals surface area contributed by atoms with Gasteiger partial charge in [-0.1, -0.05) is 29.8 Å². The zero-order valence-corrected chi connectivity index (χ0v) is 7.91. The van der Waals surface area contributed by atoms with Crippen molar-refractivity contribution in [2.24, 2.45) is 4.99 Å². The lowest BCUT2D eigenvalue weighted by molar-refractivity contribution is 0.841. The highest BCUT2D eigenvalue weighted by atomic mass is 14.7. The van der Waals surface area contributed by atoms with Crippen LogP contribution < -0.4 is 0 Å². The molecule has 0 bridgehead atoms. The summed E-state index contributed by atoms with van der Waals surface area (Å²) in [6.45, 7) is 6.24. The van der Waals surface area contributed by atoms with E-state index in [0.717, 1.165) is 0 Å². The second-order valence-corrected chi connectivity index (χ2v) is 3.29. The molecule has 1 rings (SSSR count). The van der Waals surface area contributed by atoms with Crippen LogP contribution in [0.4, 0.5) is 0 Å². The molecule has 0 aromatic heterocycles. The Morgan fingerprint density at radius 2 is 2.08 bits per heavy atom. The Bertz CT molecular complexity index is 274. The van der Waals surface area contributed by atoms with Crippen LogP contribution in [0.15, 0.2) is 29.3 Å². The number of aliphatic imine (C=N–C) groups is 1. The number of hydrogen-bond acceptors (Lipinski definition) is 1. The van der Waals surface area contributed by atoms with Crippen molar-refractivity contribution in [3.05, 3.63) is 35.4 Å². The zero-order valence-electron chi connectivity index (χ0n) is 7.91. The first-order valence-electron chi connectivity index (χ1n) is 4.28. The minimum Gasteiger partial charge on any atom is -0.290 e. The molecule has 0 heterocycles. The van der Waals surface area contributed by atoms with Gasteiger partial charge in [0.15, 0.2) is 0 Å². The van der Waals surface area contributed by atoms with E-state index in [1.807, 2.05) is 6.21 Å². The lowest BCUT2D eigenvalue weighted by atomic mass is 10.1. The normalized spacial score (nSPS) is 11.3. The number of nitrogens with zero attached hydrogens (tertiary/aromatic N) is 1. The van der Waals surface area contributed by atoms with Crippen LogP contribution in [0.5, 0.6) is 0 Å². The fourth-order valence-electron chi connectivity index (χ4n) is 0.986. The van der Waals surface area contributed by atoms with Gasteiger partial charge in [0, 0.05) is 12.3 Å². The van der Waals surface area contributed by atoms with Gasteiger partial charge in [-0.05, 0) is 26.3 Å². The molecule has 1 aromatic carbocycles. The summed E-state index contributed by atoms with van der Waals surface area (Å²) >= 11 is 0. The predicted octanol–water partition coefficient (Wildman–Crippen LogP) is 2.82. The summed E-state index contributed by atoms with van der Waals surface area (Å²) in [6.07, 6.45) is 1.93. The Labute approximate surface area is 74.2 Å². The predicted molar refractivity (Wildman–Crippen MR) is 53.9 cm³/mol. The summed E-state index contributed by atoms with van der Waals surface area (Å²) in [5.41, 5.74) is 2.46. The average Bonchev–Trinajstić information content (AvgIpc) is 2.01. The molecule has 0 saturated carbocycles. The summed E-state index contributed by atoms with van der Waals surface area (Å²) in [7, 11) is 0. The molecule has 64 valence electrons. The molecule has 12 heavy (non-hydrogen) atoms. The van der Waals surface area contributed by atoms with E-state index in [-0.39, 0.29) is 0 Å². The van der Waals surface area contributed by atoms with Crippen LogP contribution in [0, 0.1) is 6.92 Å². The Kier molecular flexibility index (Phi) is 3.03. The van der Waals surface area contributed by atoms with Gasteiger partial charge in [0.1, 0.15) is 0 Å². The summed E-state index contributed by atoms with van der Waals surface area (Å²) in [5, 5.41) is 0. The van der Waals surface area contributed by atoms with Gasteiger partial charge in [-0.2, -0.15) is 0 Å². The maximum absolute atomic E-state index is 4.31. The molecule has 1 heteroatoms. The van der Waals surface area contributed by atoms with E-state index in [0.29, 0.717) is 6.04 Å². The van der Waals surface area contributed by atoms with Crippen molar-refractivity contribution in [1.82, 2.24) is 0 Å². The fraction of sp³-hybridized carbons (Fsp3) is 0.364. The first-order chi connectivity index (χ1) is 5.68. The molecule has 0 aliphatic carbocycles. The summed E-state index contributed by atoms with van der Waals surface area (Å²) in [6, 6.07) is 8.72. The van der Waals surface area contributed by atoms with E-state index in [1.165, 1.54) is 11.1 Å². The van der Waals surface area contributed by atoms with Crippen LogP contribution in [-0.2, 0) is 0 Å². The van der Waals surface area contributed by atoms with Crippen molar-refractivity contribution in [2.75, 3.05) is 0 Å². The average molecular weight is 161 g/mol. The van der Waals surface area contributed by atoms with Crippen LogP contribution in [0.2, 0.25) is 0 Å². The number of hydrogen-bond donors (Lipinski definition) is 0. The van der Waals surface area contributed by atoms with Crippen molar-refractivity contribution in [3.8, 4) is 0 Å². The molecule has 0 atom stereocenters. The maximum Gasteiger partial charge on any atom is 0.0443 e. The van der Waals surface area contributed by atoms with Crippen LogP contribution in [0.3, 0.4) is 0 Å². The van der Waals surface area contributed by atoms with E-state index in [9.17, 15) is 0 Å². The molecule has 0 radical (unpaired) electrons. The van der Waals surface area contributed by atoms with Gasteiger partial charge in [0.2, 0.25) is 0 Å². The van der Waals surface area contributed by atoms with Gasteiger partial charge in [-0.15, -0.1) is 0 Å². The third-order valence-corrected chi connectivity index (χ3v) is 1.56. The minimum absolute atomic E-state index is 0.380. The van der Waals surface area contributed by atoms with Crippen LogP contribution >= 0.6 is 0 Å². The van der Waals surface area contributed by atoms with Crippen molar-refractivity contribution >= 4 is 6.21 Å². The van der Waals surface area contributed by atoms with E-state index in [4.69, 9.17) is 0 Å². The molecular formula is C11H15N. The maximum atomic E-state index is 4.31. The first kappa shape index (κ1) is 8.98. The molecular weight excluding hydrogens is 146 g/mol. The van der Waals surface area contributed by atoms with Crippen molar-refractivity contribution in [1.29, 1.82) is 0 Å². The largest absolute Gasteiger partial charge is 0.290 e. The smallest absolute Gasteiger partial charge is 0.0443 e. The van der Waals surface area contributed by atoms with Crippen LogP contribution in [0.25, 0.3) is 0 Å². The second-order valence-electron chi connectivity index (χ2n) is 3.29. The molecule has 1 aromatic rings. The lowest BCUT2D eigenvalue weighted by Crippen LogP contribution is -1.90. The molecule has 0 amide bonds. The van der Waals surface area contributed by atoms with Crippen LogP contribution in [0.1, 0.15) is 25.0 Å². The Morgan fingerprint density at radius 1 is 1.33 bits per heavy atom. The first-order valence-corrected chi connectivity index (χ1v) is 4.28. The van der Waals surface area contributed by atoms with Crippen LogP contribution in [-0.4, -0.2) is 12.3 Å². The topological polar surface area (TPSA) is 12.4 Å². The SMILES string of the molecule is Cc1cccc(/C=N/C(C)C)c1. The van der Waals surface area contributed by atoms with E-state index < -0.39 is 0 Å². The molecule has 0 spiro atoms. The fourth-order valence-corrected chi connectivity index (χ4v) is 0.986. The van der Waals surface area contributed by atoms with Gasteiger partial charge in [0.05, 0.1) is 0 Å². The summed E-state index contributed by atoms with van der Waals surface area (Å²) in [4.78, 5) is 4.31. The standard InChI is InChI=1S/C11H15N/c1-9(2)12-8-11-6-4-5-10(3)7-11/h4-9H,1-3H3/b12-8+. The van der Waals surface area contributed by atoms with Gasteiger partial charge >= 0.3 is 0 Å². The van der Waals surface area contributed by atoms with Crippen molar-refractivity contribution < 1.29 is 0 Å². The third kappa shape index (κ3) is 2.87. The van der Waals surface area contributed by atoms with E-state index in [1.54, 1.807) is 0 Å². The molecule has 0 fully saturated rings. The number of aryl methyl sites for hydroxylation is 1. The molecule has 0 aliphatic rings. The number of benzene rings is 1. The molecule has 0 unspecified atom stereocenters. The summed E-state index contributed by atoms with van der Waals surface area (Å²) < 4.78 is 0. The van der Waals surface area contributed by atoms with Gasteiger partial charge in [0.25, 0.3) is 0 Å². The molecule has 0 N–H and O–H groups in total. The Hall–Kier alpha value is -1.11. The quantitative estimate of drug-likeness (QED) is 0.591. The minimum atomic E-state index is 0.380. The highest BCUT2D eigenvalue weighted by Gasteiger charge is 1.88. The number of rotatable bonds is 2. The van der Waals surface area contributed by atoms with Gasteiger partial charge < -0.3 is 0 Å². The second kappa shape index (κ2) is 4.05. The van der Waals surface area contributed by atoms with E-state index in [2.05, 4.69) is 50.0 Å². The third-order valence-electron chi connectivity index (χ3n) is 1.56. The molecule has 1 nitrogen and oxygen atoms in total. The van der Waals surface area contributed by atoms with Gasteiger partial charge in [-0.3, -0.25) is 4.99 Å². The Balaban J connectivity index is 2.76. The van der Waals surface area contributed by atoms with Crippen molar-refractivity contribution in [2.45, 2.75) is 26.8 Å². The Morgan fingerprint density at radius 3 is 2.67 bits per heavy atom. The van der Waals surface area contributed by atoms with Crippen molar-refractivity contribution in [3.63, 3.8) is 0 Å². The van der Waals surface area contributed by atoms with E-state index >= 15 is 0 Å². The highest BCUT2D eigenvalue weighted by molar-refractivity contribution is 5.79. The summed E-state index contributed by atoms with van der Waals surface area (Å²) in [5.74, 6) is 0. The molecule has 0 aliphatic heterocycles. The monoisotopic (exact) mass is 161 g/mol. The van der Waals surface area contributed by atoms with Gasteiger partial charge in [-0.25, -0.2) is 0 Å². The lowest BCUT2D eigenvalue weighted by Gasteiger charge is -1.96. The highest BCUT2D eigenvalue weighted by Crippen LogP contribution is 2.01. The zero-order chi connectivity index (χ0) is 8.97.